The Kier molecular flexibility index (Phi) is 14.5. The molecule has 22 heteroatoms. The van der Waals surface area contributed by atoms with Gasteiger partial charge in [-0.2, -0.15) is 0 Å². The number of carbonyl (C=O) groups is 1. The third-order valence-corrected chi connectivity index (χ3v) is 17.0. The number of hydrogen-bond donors (Lipinski definition) is 13. The second-order valence-corrected chi connectivity index (χ2v) is 20.8. The van der Waals surface area contributed by atoms with Crippen LogP contribution in [0.5, 0.6) is 0 Å². The number of rotatable bonds is 11. The molecule has 4 aliphatic heterocycles. The zero-order valence-corrected chi connectivity index (χ0v) is 37.4. The molecule has 0 radical (unpaired) electrons. The largest absolute Gasteiger partial charge is 0.432 e. The number of aliphatic hydroxyl groups excluding tert-OH is 13. The molecule has 2 bridgehead atoms. The van der Waals surface area contributed by atoms with E-state index >= 15 is 0 Å². The first-order valence-electron chi connectivity index (χ1n) is 23.2. The fourth-order valence-electron chi connectivity index (χ4n) is 13.4. The highest BCUT2D eigenvalue weighted by Gasteiger charge is 2.70. The molecule has 26 atom stereocenters. The third kappa shape index (κ3) is 8.30. The first-order valence-corrected chi connectivity index (χ1v) is 23.2. The monoisotopic (exact) mass is 950 g/mol. The lowest BCUT2D eigenvalue weighted by Crippen LogP contribution is -2.67. The van der Waals surface area contributed by atoms with Crippen molar-refractivity contribution in [1.82, 2.24) is 0 Å². The van der Waals surface area contributed by atoms with Crippen LogP contribution in [0.3, 0.4) is 0 Å². The number of fused-ring (bicyclic) bond motifs is 3. The van der Waals surface area contributed by atoms with Crippen LogP contribution in [0.2, 0.25) is 0 Å². The number of aliphatic hydroxyl groups is 13. The van der Waals surface area contributed by atoms with Crippen LogP contribution in [0.25, 0.3) is 0 Å². The smallest absolute Gasteiger partial charge is 0.314 e. The Bertz CT molecular complexity index is 1740. The fourth-order valence-corrected chi connectivity index (χ4v) is 13.4. The second kappa shape index (κ2) is 18.9. The van der Waals surface area contributed by atoms with E-state index in [1.807, 2.05) is 6.92 Å². The van der Waals surface area contributed by atoms with E-state index in [9.17, 15) is 71.2 Å². The first-order chi connectivity index (χ1) is 31.1. The summed E-state index contributed by atoms with van der Waals surface area (Å²) in [6.07, 6.45) is -27.4. The Morgan fingerprint density at radius 2 is 1.12 bits per heavy atom. The van der Waals surface area contributed by atoms with Gasteiger partial charge in [0, 0.05) is 0 Å². The Morgan fingerprint density at radius 3 is 1.74 bits per heavy atom. The van der Waals surface area contributed by atoms with Crippen molar-refractivity contribution >= 4 is 5.97 Å². The summed E-state index contributed by atoms with van der Waals surface area (Å²) in [5, 5.41) is 137. The summed E-state index contributed by atoms with van der Waals surface area (Å²) in [4.78, 5) is 14.3. The molecule has 0 amide bonds. The van der Waals surface area contributed by atoms with Gasteiger partial charge in [0.2, 0.25) is 6.29 Å². The first kappa shape index (κ1) is 50.8. The molecule has 1 spiro atoms. The number of esters is 1. The predicted molar refractivity (Wildman–Crippen MR) is 218 cm³/mol. The quantitative estimate of drug-likeness (QED) is 0.0532. The summed E-state index contributed by atoms with van der Waals surface area (Å²) in [5.74, 6) is -0.750. The van der Waals surface area contributed by atoms with Crippen LogP contribution >= 0.6 is 0 Å². The summed E-state index contributed by atoms with van der Waals surface area (Å²) < 4.78 is 48.4. The maximum absolute atomic E-state index is 14.3. The van der Waals surface area contributed by atoms with Crippen molar-refractivity contribution in [3.05, 3.63) is 12.2 Å². The van der Waals surface area contributed by atoms with Crippen molar-refractivity contribution < 1.29 is 109 Å². The van der Waals surface area contributed by atoms with Crippen molar-refractivity contribution in [2.75, 3.05) is 19.8 Å². The molecule has 8 rings (SSSR count). The average molecular weight is 951 g/mol. The minimum atomic E-state index is -1.92. The van der Waals surface area contributed by atoms with Gasteiger partial charge in [-0.15, -0.1) is 0 Å². The summed E-state index contributed by atoms with van der Waals surface area (Å²) >= 11 is 0. The number of hydrogen-bond acceptors (Lipinski definition) is 22. The lowest BCUT2D eigenvalue weighted by Gasteiger charge is -2.64. The molecule has 22 nitrogen and oxygen atoms in total. The van der Waals surface area contributed by atoms with Gasteiger partial charge in [0.05, 0.1) is 36.9 Å². The van der Waals surface area contributed by atoms with E-state index in [1.54, 1.807) is 0 Å². The second-order valence-electron chi connectivity index (χ2n) is 20.8. The number of ether oxygens (including phenoxy) is 8. The highest BCUT2D eigenvalue weighted by molar-refractivity contribution is 5.77. The zero-order valence-electron chi connectivity index (χ0n) is 37.4. The Hall–Kier alpha value is -1.59. The van der Waals surface area contributed by atoms with Crippen molar-refractivity contribution in [2.45, 2.75) is 207 Å². The predicted octanol–water partition coefficient (Wildman–Crippen LogP) is -4.09. The highest BCUT2D eigenvalue weighted by atomic mass is 16.8. The SMILES string of the molecule is C=C1C[C@@]23CC[C@H]4[C@@](C)(CCC[C@@]4(C)C(=O)O[C@@H]4O[C@H](CO)[C@H](O)[C@H](O)[C@H]4O)[C@@H]2CC[C@]1(O[C@@H]1O[C@H](CO)[C@@H](O)[C@H](O[C@@H]2O[C@H](CO)[C@@H](O)[C@H](O)[C@H]2O)[C@H]1O[C@@H]1O[C@@H](C)[C@H](O)[C@@H](O)[C@H]1O)C3. The molecule has 0 aromatic carbocycles. The van der Waals surface area contributed by atoms with Crippen molar-refractivity contribution in [1.29, 1.82) is 0 Å². The van der Waals surface area contributed by atoms with E-state index in [0.717, 1.165) is 12.0 Å². The Balaban J connectivity index is 1.06. The molecule has 378 valence electrons. The van der Waals surface area contributed by atoms with Crippen molar-refractivity contribution in [3.8, 4) is 0 Å². The van der Waals surface area contributed by atoms with Crippen LogP contribution in [0.4, 0.5) is 0 Å². The molecule has 0 aromatic heterocycles. The molecule has 4 saturated carbocycles. The van der Waals surface area contributed by atoms with E-state index in [4.69, 9.17) is 37.9 Å². The molecule has 4 heterocycles. The lowest BCUT2D eigenvalue weighted by molar-refractivity contribution is -0.398. The van der Waals surface area contributed by atoms with E-state index in [1.165, 1.54) is 6.92 Å². The van der Waals surface area contributed by atoms with Gasteiger partial charge in [0.25, 0.3) is 0 Å². The van der Waals surface area contributed by atoms with Crippen LogP contribution in [-0.2, 0) is 42.7 Å². The maximum Gasteiger partial charge on any atom is 0.314 e. The van der Waals surface area contributed by atoms with Gasteiger partial charge >= 0.3 is 5.97 Å². The molecule has 4 aliphatic carbocycles. The molecule has 8 aliphatic rings. The molecular weight excluding hydrogens is 880 g/mol. The molecule has 0 aromatic rings. The van der Waals surface area contributed by atoms with Gasteiger partial charge in [0.15, 0.2) is 18.9 Å². The average Bonchev–Trinajstić information content (AvgIpc) is 3.48. The summed E-state index contributed by atoms with van der Waals surface area (Å²) in [6.45, 7) is 7.77. The topological polar surface area (TPSA) is 354 Å². The van der Waals surface area contributed by atoms with Crippen LogP contribution in [0.15, 0.2) is 12.2 Å². The Labute approximate surface area is 381 Å². The van der Waals surface area contributed by atoms with Crippen LogP contribution in [0, 0.1) is 28.1 Å². The molecule has 13 N–H and O–H groups in total. The molecule has 66 heavy (non-hydrogen) atoms. The van der Waals surface area contributed by atoms with Crippen LogP contribution in [0.1, 0.15) is 78.6 Å². The van der Waals surface area contributed by atoms with E-state index < -0.39 is 165 Å². The van der Waals surface area contributed by atoms with Crippen molar-refractivity contribution in [3.63, 3.8) is 0 Å². The standard InChI is InChI=1S/C44H70O22/c1-17-12-43-10-6-22-41(3,8-5-9-42(22,4)40(58)65-38-33(57)30(54)26(50)20(14-46)61-38)23(43)7-11-44(17,16-43)66-39-35(64-36-31(55)28(52)24(48)18(2)59-36)34(27(51)21(15-47)62-39)63-37-32(56)29(53)25(49)19(13-45)60-37/h18-39,45-57H,1,5-16H2,2-4H3/t18-,19+,20+,21+,22-,23-,24-,25+,26-,27+,28+,29-,30-,31+,32+,33+,34-,35+,36-,37-,38-,39-,41+,42+,43+,44-/m0/s1. The van der Waals surface area contributed by atoms with Gasteiger partial charge in [-0.05, 0) is 93.5 Å². The van der Waals surface area contributed by atoms with Gasteiger partial charge < -0.3 is 104 Å². The van der Waals surface area contributed by atoms with Crippen LogP contribution in [-0.4, -0.2) is 221 Å². The van der Waals surface area contributed by atoms with Crippen molar-refractivity contribution in [2.24, 2.45) is 28.1 Å². The minimum absolute atomic E-state index is 0.0493. The normalized spacial score (nSPS) is 55.2. The zero-order chi connectivity index (χ0) is 48.0. The van der Waals surface area contributed by atoms with E-state index in [-0.39, 0.29) is 17.3 Å². The maximum atomic E-state index is 14.3. The fraction of sp³-hybridized carbons (Fsp3) is 0.932. The van der Waals surface area contributed by atoms with E-state index in [2.05, 4.69) is 13.5 Å². The van der Waals surface area contributed by atoms with Crippen LogP contribution < -0.4 is 0 Å². The van der Waals surface area contributed by atoms with Gasteiger partial charge in [-0.1, -0.05) is 19.9 Å². The highest BCUT2D eigenvalue weighted by Crippen LogP contribution is 2.73. The van der Waals surface area contributed by atoms with Gasteiger partial charge in [-0.3, -0.25) is 4.79 Å². The molecular formula is C44H70O22. The summed E-state index contributed by atoms with van der Waals surface area (Å²) in [7, 11) is 0. The van der Waals surface area contributed by atoms with E-state index in [0.29, 0.717) is 51.4 Å². The minimum Gasteiger partial charge on any atom is -0.432 e. The molecule has 4 saturated heterocycles. The lowest BCUT2D eigenvalue weighted by atomic mass is 9.41. The number of carbonyl (C=O) groups excluding carboxylic acids is 1. The van der Waals surface area contributed by atoms with Gasteiger partial charge in [-0.25, -0.2) is 0 Å². The summed E-state index contributed by atoms with van der Waals surface area (Å²) in [6, 6.07) is 0. The Morgan fingerprint density at radius 1 is 0.606 bits per heavy atom. The third-order valence-electron chi connectivity index (χ3n) is 17.0. The summed E-state index contributed by atoms with van der Waals surface area (Å²) in [5.41, 5.74) is -2.19. The molecule has 8 fully saturated rings. The molecule has 0 unspecified atom stereocenters. The van der Waals surface area contributed by atoms with Gasteiger partial charge in [0.1, 0.15) is 91.6 Å².